The molecule has 2 aromatic rings. The fourth-order valence-electron chi connectivity index (χ4n) is 3.33. The quantitative estimate of drug-likeness (QED) is 0.0869. The largest absolute Gasteiger partial charge is 0.504 e. The SMILES string of the molecule is COc1ccc(/C=C(\C#N)C(=O)NCCCCCCNC(=O)/C(C#N)=C/c2ccc(OO)c(O)c2)cc1O. The zero-order valence-electron chi connectivity index (χ0n) is 20.7. The van der Waals surface area contributed by atoms with Gasteiger partial charge in [-0.3, -0.25) is 9.59 Å². The maximum Gasteiger partial charge on any atom is 0.261 e. The molecule has 198 valence electrons. The van der Waals surface area contributed by atoms with Gasteiger partial charge in [-0.05, 0) is 60.4 Å². The Morgan fingerprint density at radius 1 is 0.816 bits per heavy atom. The summed E-state index contributed by atoms with van der Waals surface area (Å²) in [6.45, 7) is 0.717. The minimum atomic E-state index is -0.553. The van der Waals surface area contributed by atoms with Crippen LogP contribution in [0.15, 0.2) is 47.5 Å². The van der Waals surface area contributed by atoms with Crippen molar-refractivity contribution >= 4 is 24.0 Å². The van der Waals surface area contributed by atoms with E-state index in [1.54, 1.807) is 6.07 Å². The highest BCUT2D eigenvalue weighted by Gasteiger charge is 2.11. The van der Waals surface area contributed by atoms with Crippen LogP contribution in [-0.4, -0.2) is 47.5 Å². The normalized spacial score (nSPS) is 11.2. The Bertz CT molecular complexity index is 1190. The number of nitrogens with one attached hydrogen (secondary N) is 2. The van der Waals surface area contributed by atoms with Crippen molar-refractivity contribution in [2.75, 3.05) is 20.2 Å². The lowest BCUT2D eigenvalue weighted by Gasteiger charge is -2.07. The van der Waals surface area contributed by atoms with Crippen LogP contribution in [0.25, 0.3) is 12.2 Å². The predicted molar refractivity (Wildman–Crippen MR) is 138 cm³/mol. The van der Waals surface area contributed by atoms with Gasteiger partial charge in [0.05, 0.1) is 7.11 Å². The van der Waals surface area contributed by atoms with Gasteiger partial charge in [0.2, 0.25) is 5.75 Å². The third kappa shape index (κ3) is 8.90. The van der Waals surface area contributed by atoms with Crippen molar-refractivity contribution in [1.29, 1.82) is 10.5 Å². The van der Waals surface area contributed by atoms with E-state index in [4.69, 9.17) is 9.99 Å². The monoisotopic (exact) mass is 520 g/mol. The molecule has 0 fully saturated rings. The van der Waals surface area contributed by atoms with Gasteiger partial charge in [-0.2, -0.15) is 10.5 Å². The molecule has 0 bridgehead atoms. The highest BCUT2D eigenvalue weighted by Crippen LogP contribution is 2.28. The van der Waals surface area contributed by atoms with Crippen LogP contribution in [0.4, 0.5) is 0 Å². The number of carbonyl (C=O) groups excluding carboxylic acids is 2. The predicted octanol–water partition coefficient (Wildman–Crippen LogP) is 3.27. The third-order valence-corrected chi connectivity index (χ3v) is 5.31. The molecule has 5 N–H and O–H groups in total. The van der Waals surface area contributed by atoms with Crippen molar-refractivity contribution in [1.82, 2.24) is 10.6 Å². The van der Waals surface area contributed by atoms with Crippen molar-refractivity contribution in [2.45, 2.75) is 25.7 Å². The molecular formula is C27H28N4O7. The Kier molecular flexibility index (Phi) is 11.7. The van der Waals surface area contributed by atoms with Gasteiger partial charge in [0.25, 0.3) is 11.8 Å². The van der Waals surface area contributed by atoms with Gasteiger partial charge in [0, 0.05) is 13.1 Å². The number of nitrogens with zero attached hydrogens (tertiary/aromatic N) is 2. The van der Waals surface area contributed by atoms with Crippen LogP contribution in [0.5, 0.6) is 23.0 Å². The number of rotatable bonds is 13. The first-order valence-corrected chi connectivity index (χ1v) is 11.6. The van der Waals surface area contributed by atoms with Gasteiger partial charge in [-0.1, -0.05) is 25.0 Å². The highest BCUT2D eigenvalue weighted by atomic mass is 17.1. The number of hydrogen-bond acceptors (Lipinski definition) is 9. The average molecular weight is 521 g/mol. The number of nitriles is 2. The second-order valence-electron chi connectivity index (χ2n) is 8.02. The standard InChI is InChI=1S/C27H28N4O7/c1-37-24-8-6-18(14-22(24)32)12-20(16-28)26(34)30-10-4-2-3-5-11-31-27(35)21(17-29)13-19-7-9-25(38-36)23(33)15-19/h6-9,12-15,32-33,36H,2-5,10-11H2,1H3,(H,30,34)(H,31,35)/b20-12+,21-13+. The molecule has 0 aliphatic carbocycles. The summed E-state index contributed by atoms with van der Waals surface area (Å²) in [5, 5.41) is 52.0. The Hall–Kier alpha value is -5.00. The first-order valence-electron chi connectivity index (χ1n) is 11.6. The fourth-order valence-corrected chi connectivity index (χ4v) is 3.33. The van der Waals surface area contributed by atoms with Crippen molar-refractivity contribution in [3.63, 3.8) is 0 Å². The molecule has 2 amide bonds. The van der Waals surface area contributed by atoms with Crippen molar-refractivity contribution < 1.29 is 34.7 Å². The van der Waals surface area contributed by atoms with Crippen LogP contribution in [0.2, 0.25) is 0 Å². The van der Waals surface area contributed by atoms with E-state index in [1.165, 1.54) is 49.6 Å². The summed E-state index contributed by atoms with van der Waals surface area (Å²) in [6.07, 6.45) is 5.55. The van der Waals surface area contributed by atoms with Gasteiger partial charge in [0.1, 0.15) is 23.3 Å². The number of amides is 2. The molecule has 0 atom stereocenters. The van der Waals surface area contributed by atoms with Gasteiger partial charge >= 0.3 is 0 Å². The molecular weight excluding hydrogens is 492 g/mol. The molecule has 11 nitrogen and oxygen atoms in total. The van der Waals surface area contributed by atoms with Crippen molar-refractivity contribution in [2.24, 2.45) is 0 Å². The molecule has 38 heavy (non-hydrogen) atoms. The van der Waals surface area contributed by atoms with Crippen LogP contribution >= 0.6 is 0 Å². The molecule has 0 aliphatic rings. The Morgan fingerprint density at radius 2 is 1.26 bits per heavy atom. The number of ether oxygens (including phenoxy) is 1. The van der Waals surface area contributed by atoms with Gasteiger partial charge in [-0.25, -0.2) is 5.26 Å². The number of benzene rings is 2. The summed E-state index contributed by atoms with van der Waals surface area (Å²) >= 11 is 0. The molecule has 0 spiro atoms. The van der Waals surface area contributed by atoms with Crippen molar-refractivity contribution in [3.8, 4) is 35.1 Å². The number of phenols is 2. The number of aromatic hydroxyl groups is 2. The van der Waals surface area contributed by atoms with E-state index in [9.17, 15) is 30.3 Å². The van der Waals surface area contributed by atoms with E-state index in [1.807, 2.05) is 12.1 Å². The summed E-state index contributed by atoms with van der Waals surface area (Å²) in [4.78, 5) is 28.5. The average Bonchev–Trinajstić information content (AvgIpc) is 2.91. The summed E-state index contributed by atoms with van der Waals surface area (Å²) in [7, 11) is 1.42. The fraction of sp³-hybridized carbons (Fsp3) is 0.259. The minimum absolute atomic E-state index is 0.0912. The first kappa shape index (κ1) is 29.2. The smallest absolute Gasteiger partial charge is 0.261 e. The van der Waals surface area contributed by atoms with E-state index >= 15 is 0 Å². The Morgan fingerprint density at radius 3 is 1.63 bits per heavy atom. The van der Waals surface area contributed by atoms with Crippen LogP contribution in [0.1, 0.15) is 36.8 Å². The number of methoxy groups -OCH3 is 1. The van der Waals surface area contributed by atoms with Gasteiger partial charge in [-0.15, -0.1) is 0 Å². The lowest BCUT2D eigenvalue weighted by molar-refractivity contribution is -0.139. The molecule has 2 aromatic carbocycles. The van der Waals surface area contributed by atoms with Crippen LogP contribution in [-0.2, 0) is 9.59 Å². The Balaban J connectivity index is 1.70. The molecule has 0 saturated heterocycles. The lowest BCUT2D eigenvalue weighted by Crippen LogP contribution is -2.26. The molecule has 0 radical (unpaired) electrons. The van der Waals surface area contributed by atoms with Crippen LogP contribution < -0.4 is 20.3 Å². The van der Waals surface area contributed by atoms with E-state index in [0.29, 0.717) is 37.1 Å². The second-order valence-corrected chi connectivity index (χ2v) is 8.02. The van der Waals surface area contributed by atoms with Gasteiger partial charge in [0.15, 0.2) is 17.2 Å². The minimum Gasteiger partial charge on any atom is -0.504 e. The Labute approximate surface area is 219 Å². The van der Waals surface area contributed by atoms with Crippen molar-refractivity contribution in [3.05, 3.63) is 58.7 Å². The lowest BCUT2D eigenvalue weighted by atomic mass is 10.1. The summed E-state index contributed by atoms with van der Waals surface area (Å²) < 4.78 is 4.97. The number of unbranched alkanes of at least 4 members (excludes halogenated alkanes) is 3. The van der Waals surface area contributed by atoms with Gasteiger partial charge < -0.3 is 30.5 Å². The third-order valence-electron chi connectivity index (χ3n) is 5.31. The highest BCUT2D eigenvalue weighted by molar-refractivity contribution is 6.02. The molecule has 0 aromatic heterocycles. The number of carbonyl (C=O) groups is 2. The molecule has 0 heterocycles. The second kappa shape index (κ2) is 15.2. The first-order chi connectivity index (χ1) is 18.3. The summed E-state index contributed by atoms with van der Waals surface area (Å²) in [6, 6.07) is 12.2. The van der Waals surface area contributed by atoms with E-state index in [-0.39, 0.29) is 34.1 Å². The molecule has 0 saturated carbocycles. The van der Waals surface area contributed by atoms with E-state index < -0.39 is 11.8 Å². The molecule has 0 aliphatic heterocycles. The topological polar surface area (TPSA) is 185 Å². The zero-order chi connectivity index (χ0) is 27.9. The molecule has 0 unspecified atom stereocenters. The van der Waals surface area contributed by atoms with E-state index in [0.717, 1.165) is 12.8 Å². The number of phenolic OH excluding ortho intramolecular Hbond substituents is 2. The summed E-state index contributed by atoms with van der Waals surface area (Å²) in [5.74, 6) is -1.37. The van der Waals surface area contributed by atoms with E-state index in [2.05, 4.69) is 15.5 Å². The van der Waals surface area contributed by atoms with Crippen LogP contribution in [0, 0.1) is 22.7 Å². The maximum atomic E-state index is 12.3. The van der Waals surface area contributed by atoms with Crippen LogP contribution in [0.3, 0.4) is 0 Å². The molecule has 11 heteroatoms. The summed E-state index contributed by atoms with van der Waals surface area (Å²) in [5.41, 5.74) is 0.634. The maximum absolute atomic E-state index is 12.3. The molecule has 2 rings (SSSR count). The zero-order valence-corrected chi connectivity index (χ0v) is 20.7. The number of hydrogen-bond donors (Lipinski definition) is 5.